The van der Waals surface area contributed by atoms with Gasteiger partial charge in [-0.2, -0.15) is 31.4 Å². The number of anilines is 1. The summed E-state index contributed by atoms with van der Waals surface area (Å²) in [5.74, 6) is -2.04. The van der Waals surface area contributed by atoms with Gasteiger partial charge >= 0.3 is 18.4 Å². The van der Waals surface area contributed by atoms with E-state index in [0.29, 0.717) is 22.7 Å². The predicted octanol–water partition coefficient (Wildman–Crippen LogP) is 6.75. The maximum atomic E-state index is 14.3. The van der Waals surface area contributed by atoms with Gasteiger partial charge in [0.25, 0.3) is 0 Å². The quantitative estimate of drug-likeness (QED) is 0.241. The van der Waals surface area contributed by atoms with Crippen molar-refractivity contribution in [3.05, 3.63) is 83.6 Å². The molecule has 1 aliphatic heterocycles. The Morgan fingerprint density at radius 3 is 2.40 bits per heavy atom. The van der Waals surface area contributed by atoms with E-state index in [4.69, 9.17) is 0 Å². The molecule has 0 spiro atoms. The highest BCUT2D eigenvalue weighted by Gasteiger charge is 2.43. The van der Waals surface area contributed by atoms with Gasteiger partial charge in [-0.25, -0.2) is 9.79 Å². The fourth-order valence-electron chi connectivity index (χ4n) is 4.69. The molecule has 3 N–H and O–H groups in total. The van der Waals surface area contributed by atoms with Crippen molar-refractivity contribution < 1.29 is 35.9 Å². The molecule has 7 nitrogen and oxygen atoms in total. The summed E-state index contributed by atoms with van der Waals surface area (Å²) in [6.45, 7) is 1.36. The minimum absolute atomic E-state index is 0.00859. The lowest BCUT2D eigenvalue weighted by atomic mass is 9.84. The lowest BCUT2D eigenvalue weighted by molar-refractivity contribution is -0.139. The Morgan fingerprint density at radius 2 is 1.68 bits per heavy atom. The summed E-state index contributed by atoms with van der Waals surface area (Å²) >= 11 is 0. The van der Waals surface area contributed by atoms with Crippen LogP contribution >= 0.6 is 0 Å². The van der Waals surface area contributed by atoms with Gasteiger partial charge in [0.15, 0.2) is 0 Å². The largest absolute Gasteiger partial charge is 0.416 e. The molecule has 5 rings (SSSR count). The summed E-state index contributed by atoms with van der Waals surface area (Å²) in [5.41, 5.74) is -1.82. The van der Waals surface area contributed by atoms with Gasteiger partial charge in [0.1, 0.15) is 5.92 Å². The van der Waals surface area contributed by atoms with Crippen molar-refractivity contribution in [3.63, 3.8) is 0 Å². The van der Waals surface area contributed by atoms with E-state index in [1.54, 1.807) is 18.2 Å². The van der Waals surface area contributed by atoms with Gasteiger partial charge in [0.2, 0.25) is 5.91 Å². The van der Waals surface area contributed by atoms with Crippen LogP contribution in [0.25, 0.3) is 22.0 Å². The average Bonchev–Trinajstić information content (AvgIpc) is 3.35. The number of hydrogen-bond donors (Lipinski definition) is 3. The molecule has 206 valence electrons. The number of aromatic amines is 1. The van der Waals surface area contributed by atoms with Crippen LogP contribution in [-0.2, 0) is 17.1 Å². The topological polar surface area (TPSA) is 99.2 Å². The Hall–Kier alpha value is -4.68. The van der Waals surface area contributed by atoms with E-state index in [-0.39, 0.29) is 16.8 Å². The highest BCUT2D eigenvalue weighted by atomic mass is 19.4. The highest BCUT2D eigenvalue weighted by molar-refractivity contribution is 6.13. The molecule has 0 saturated carbocycles. The molecule has 1 aliphatic rings. The van der Waals surface area contributed by atoms with E-state index in [0.717, 1.165) is 24.3 Å². The van der Waals surface area contributed by atoms with Crippen molar-refractivity contribution in [2.45, 2.75) is 25.3 Å². The number of nitrogens with zero attached hydrogens (tertiary/aromatic N) is 2. The van der Waals surface area contributed by atoms with Crippen LogP contribution < -0.4 is 10.6 Å². The summed E-state index contributed by atoms with van der Waals surface area (Å²) in [7, 11) is 0. The number of amides is 3. The van der Waals surface area contributed by atoms with Crippen LogP contribution in [0, 0.1) is 5.92 Å². The molecule has 0 radical (unpaired) electrons. The number of carbonyl (C=O) groups is 2. The van der Waals surface area contributed by atoms with E-state index in [2.05, 4.69) is 25.8 Å². The van der Waals surface area contributed by atoms with Crippen LogP contribution in [0.1, 0.15) is 29.7 Å². The van der Waals surface area contributed by atoms with E-state index in [1.165, 1.54) is 25.3 Å². The van der Waals surface area contributed by atoms with Crippen molar-refractivity contribution in [3.8, 4) is 11.1 Å². The molecule has 0 fully saturated rings. The second-order valence-electron chi connectivity index (χ2n) is 9.20. The molecule has 1 aromatic heterocycles. The lowest BCUT2D eigenvalue weighted by Crippen LogP contribution is -2.46. The van der Waals surface area contributed by atoms with Gasteiger partial charge in [-0.05, 0) is 60.0 Å². The van der Waals surface area contributed by atoms with E-state index < -0.39 is 52.9 Å². The van der Waals surface area contributed by atoms with Gasteiger partial charge < -0.3 is 10.6 Å². The fraction of sp³-hybridized carbons (Fsp3) is 0.185. The van der Waals surface area contributed by atoms with Gasteiger partial charge in [-0.3, -0.25) is 9.89 Å². The minimum atomic E-state index is -4.96. The van der Waals surface area contributed by atoms with Gasteiger partial charge in [-0.15, -0.1) is 0 Å². The zero-order valence-corrected chi connectivity index (χ0v) is 20.5. The van der Waals surface area contributed by atoms with Gasteiger partial charge in [0, 0.05) is 16.8 Å². The van der Waals surface area contributed by atoms with Gasteiger partial charge in [0.05, 0.1) is 28.9 Å². The number of nitrogens with one attached hydrogen (secondary N) is 3. The molecule has 2 atom stereocenters. The van der Waals surface area contributed by atoms with E-state index >= 15 is 0 Å². The standard InChI is InChI=1S/C27H19F6N5O2/c1-13-22(24(39)36-18-6-8-21-16(10-18)12-34-38-21)23(37-25(40)35-13)19-7-5-15(11-20(19)27(31,32)33)14-3-2-4-17(9-14)26(28,29)30/h2-12,22-23H,1H3,(H,34,38)(H,36,39)(H,37,40). The number of urea groups is 1. The van der Waals surface area contributed by atoms with E-state index in [1.807, 2.05) is 0 Å². The van der Waals surface area contributed by atoms with Crippen molar-refractivity contribution >= 4 is 34.2 Å². The molecule has 13 heteroatoms. The first-order chi connectivity index (χ1) is 18.8. The summed E-state index contributed by atoms with van der Waals surface area (Å²) in [6, 6.07) is 9.37. The third kappa shape index (κ3) is 5.26. The van der Waals surface area contributed by atoms with Crippen LogP contribution in [0.5, 0.6) is 0 Å². The first-order valence-corrected chi connectivity index (χ1v) is 11.8. The summed E-state index contributed by atoms with van der Waals surface area (Å²) in [5, 5.41) is 12.3. The summed E-state index contributed by atoms with van der Waals surface area (Å²) in [4.78, 5) is 29.4. The molecule has 4 aromatic rings. The van der Waals surface area contributed by atoms with Crippen LogP contribution in [0.3, 0.4) is 0 Å². The SMILES string of the molecule is CC1=NC(=O)NC(c2ccc(-c3cccc(C(F)(F)F)c3)cc2C(F)(F)F)C1C(=O)Nc1ccc2[nH]ncc2c1. The summed E-state index contributed by atoms with van der Waals surface area (Å²) in [6.07, 6.45) is -8.12. The number of fused-ring (bicyclic) bond motifs is 1. The zero-order valence-electron chi connectivity index (χ0n) is 20.5. The molecule has 0 bridgehead atoms. The van der Waals surface area contributed by atoms with Crippen molar-refractivity contribution in [2.24, 2.45) is 10.9 Å². The Balaban J connectivity index is 1.55. The molecule has 3 amide bonds. The number of aromatic nitrogens is 2. The Kier molecular flexibility index (Phi) is 6.60. The predicted molar refractivity (Wildman–Crippen MR) is 134 cm³/mol. The van der Waals surface area contributed by atoms with Crippen molar-refractivity contribution in [2.75, 3.05) is 5.32 Å². The Bertz CT molecular complexity index is 1660. The normalized spacial score (nSPS) is 17.9. The molecule has 0 aliphatic carbocycles. The first kappa shape index (κ1) is 26.9. The van der Waals surface area contributed by atoms with Crippen molar-refractivity contribution in [1.29, 1.82) is 0 Å². The molecule has 3 aromatic carbocycles. The number of hydrogen-bond acceptors (Lipinski definition) is 3. The van der Waals surface area contributed by atoms with Crippen LogP contribution in [0.15, 0.2) is 71.9 Å². The third-order valence-corrected chi connectivity index (χ3v) is 6.55. The van der Waals surface area contributed by atoms with Gasteiger partial charge in [-0.1, -0.05) is 24.3 Å². The minimum Gasteiger partial charge on any atom is -0.328 e. The molecule has 40 heavy (non-hydrogen) atoms. The number of carbonyl (C=O) groups excluding carboxylic acids is 2. The molecular weight excluding hydrogens is 540 g/mol. The second-order valence-corrected chi connectivity index (χ2v) is 9.20. The number of aliphatic imine (C=N–C) groups is 1. The zero-order chi connectivity index (χ0) is 28.8. The Labute approximate surface area is 222 Å². The first-order valence-electron chi connectivity index (χ1n) is 11.8. The monoisotopic (exact) mass is 559 g/mol. The average molecular weight is 559 g/mol. The van der Waals surface area contributed by atoms with Crippen molar-refractivity contribution in [1.82, 2.24) is 15.5 Å². The molecule has 0 saturated heterocycles. The maximum Gasteiger partial charge on any atom is 0.416 e. The van der Waals surface area contributed by atoms with Crippen LogP contribution in [0.4, 0.5) is 36.8 Å². The van der Waals surface area contributed by atoms with Crippen LogP contribution in [-0.4, -0.2) is 27.8 Å². The highest BCUT2D eigenvalue weighted by Crippen LogP contribution is 2.41. The maximum absolute atomic E-state index is 14.3. The number of alkyl halides is 6. The second kappa shape index (κ2) is 9.81. The fourth-order valence-corrected chi connectivity index (χ4v) is 4.69. The van der Waals surface area contributed by atoms with Crippen LogP contribution in [0.2, 0.25) is 0 Å². The van der Waals surface area contributed by atoms with E-state index in [9.17, 15) is 35.9 Å². The number of H-pyrrole nitrogens is 1. The molecular formula is C27H19F6N5O2. The molecule has 2 unspecified atom stereocenters. The molecule has 2 heterocycles. The number of rotatable bonds is 4. The number of benzene rings is 3. The Morgan fingerprint density at radius 1 is 0.925 bits per heavy atom. The third-order valence-electron chi connectivity index (χ3n) is 6.55. The number of halogens is 6. The lowest BCUT2D eigenvalue weighted by Gasteiger charge is -2.32. The smallest absolute Gasteiger partial charge is 0.328 e. The summed E-state index contributed by atoms with van der Waals surface area (Å²) < 4.78 is 82.5.